The largest absolute Gasteiger partial charge is 0.383 e. The summed E-state index contributed by atoms with van der Waals surface area (Å²) in [5.74, 6) is 1.15. The zero-order chi connectivity index (χ0) is 27.4. The quantitative estimate of drug-likeness (QED) is 0.174. The molecular weight excluding hydrogens is 490 g/mol. The highest BCUT2D eigenvalue weighted by atomic mass is 32.2. The number of aryl methyl sites for hydroxylation is 1. The van der Waals surface area contributed by atoms with Gasteiger partial charge in [-0.1, -0.05) is 30.2 Å². The predicted octanol–water partition coefficient (Wildman–Crippen LogP) is 6.32. The van der Waals surface area contributed by atoms with E-state index in [9.17, 15) is 5.11 Å². The molecule has 1 aromatic rings. The lowest BCUT2D eigenvalue weighted by Crippen LogP contribution is -2.45. The number of piperidine rings is 1. The lowest BCUT2D eigenvalue weighted by Gasteiger charge is -2.34. The van der Waals surface area contributed by atoms with Crippen molar-refractivity contribution in [2.24, 2.45) is 10.9 Å². The molecular formula is C31H47N5OS. The van der Waals surface area contributed by atoms with E-state index >= 15 is 0 Å². The van der Waals surface area contributed by atoms with Gasteiger partial charge >= 0.3 is 0 Å². The number of pyridine rings is 1. The topological polar surface area (TPSA) is 86.8 Å². The van der Waals surface area contributed by atoms with Crippen LogP contribution in [0.1, 0.15) is 76.3 Å². The van der Waals surface area contributed by atoms with Gasteiger partial charge in [0.2, 0.25) is 0 Å². The predicted molar refractivity (Wildman–Crippen MR) is 165 cm³/mol. The number of nitrogens with two attached hydrogens (primary N) is 1. The van der Waals surface area contributed by atoms with E-state index in [0.717, 1.165) is 73.3 Å². The van der Waals surface area contributed by atoms with Gasteiger partial charge < -0.3 is 21.1 Å². The second-order valence-corrected chi connectivity index (χ2v) is 11.6. The van der Waals surface area contributed by atoms with Crippen molar-refractivity contribution in [1.82, 2.24) is 15.2 Å². The van der Waals surface area contributed by atoms with E-state index in [1.807, 2.05) is 31.5 Å². The van der Waals surface area contributed by atoms with Crippen LogP contribution in [0.25, 0.3) is 4.91 Å². The van der Waals surface area contributed by atoms with Crippen molar-refractivity contribution in [2.75, 3.05) is 32.1 Å². The highest BCUT2D eigenvalue weighted by Crippen LogP contribution is 2.28. The van der Waals surface area contributed by atoms with Crippen LogP contribution >= 0.6 is 11.8 Å². The zero-order valence-electron chi connectivity index (χ0n) is 23.7. The minimum atomic E-state index is -0.777. The maximum Gasteiger partial charge on any atom is 0.135 e. The molecule has 1 saturated carbocycles. The Morgan fingerprint density at radius 1 is 1.29 bits per heavy atom. The summed E-state index contributed by atoms with van der Waals surface area (Å²) >= 11 is 1.69. The third-order valence-corrected chi connectivity index (χ3v) is 8.35. The summed E-state index contributed by atoms with van der Waals surface area (Å²) in [5.41, 5.74) is 9.81. The summed E-state index contributed by atoms with van der Waals surface area (Å²) in [6, 6.07) is 2.16. The molecule has 1 aliphatic carbocycles. The van der Waals surface area contributed by atoms with E-state index in [0.29, 0.717) is 11.7 Å². The van der Waals surface area contributed by atoms with Crippen LogP contribution in [-0.2, 0) is 6.42 Å². The number of thioether (sulfide) groups is 1. The van der Waals surface area contributed by atoms with Crippen molar-refractivity contribution in [3.63, 3.8) is 0 Å². The molecule has 4 N–H and O–H groups in total. The van der Waals surface area contributed by atoms with Crippen molar-refractivity contribution in [3.05, 3.63) is 65.2 Å². The molecule has 6 nitrogen and oxygen atoms in total. The molecule has 0 aromatic carbocycles. The van der Waals surface area contributed by atoms with Gasteiger partial charge in [-0.2, -0.15) is 0 Å². The summed E-state index contributed by atoms with van der Waals surface area (Å²) in [4.78, 5) is 12.6. The van der Waals surface area contributed by atoms with Crippen LogP contribution in [0.4, 0.5) is 5.82 Å². The van der Waals surface area contributed by atoms with Crippen LogP contribution in [0, 0.1) is 5.92 Å². The maximum atomic E-state index is 10.8. The molecule has 0 atom stereocenters. The van der Waals surface area contributed by atoms with Gasteiger partial charge in [-0.15, -0.1) is 11.8 Å². The number of nitrogens with one attached hydrogen (secondary N) is 1. The third kappa shape index (κ3) is 9.75. The zero-order valence-corrected chi connectivity index (χ0v) is 24.6. The molecule has 0 radical (unpaired) electrons. The number of hydrogen-bond acceptors (Lipinski definition) is 7. The second kappa shape index (κ2) is 15.3. The molecule has 1 saturated heterocycles. The first-order valence-corrected chi connectivity index (χ1v) is 15.3. The van der Waals surface area contributed by atoms with E-state index in [1.165, 1.54) is 24.8 Å². The standard InChI is InChI=1S/C31H47N5OS/c1-5-28(35-31(37)16-7-6-8-17-31)11-9-10-24(2)12-13-26-20-27(22-34-30(26)32)29(38-4)23-33-21-25-14-18-36(3)19-15-25/h5,9-11,20-23,25,35,37H,6-8,12-19H2,1-4H3,(H2,32,34)/b11-9-,24-10+,28-5+,29-23-,33-21?. The van der Waals surface area contributed by atoms with Gasteiger partial charge in [0.1, 0.15) is 11.5 Å². The van der Waals surface area contributed by atoms with Crippen LogP contribution in [0.15, 0.2) is 59.0 Å². The van der Waals surface area contributed by atoms with Gasteiger partial charge in [0.25, 0.3) is 0 Å². The molecule has 0 bridgehead atoms. The Balaban J connectivity index is 1.57. The molecule has 1 aromatic heterocycles. The van der Waals surface area contributed by atoms with Crippen molar-refractivity contribution in [1.29, 1.82) is 0 Å². The van der Waals surface area contributed by atoms with Gasteiger partial charge in [-0.05, 0) is 115 Å². The number of allylic oxidation sites excluding steroid dienone is 5. The lowest BCUT2D eigenvalue weighted by molar-refractivity contribution is -0.0180. The number of rotatable bonds is 11. The van der Waals surface area contributed by atoms with Gasteiger partial charge in [0.15, 0.2) is 0 Å². The summed E-state index contributed by atoms with van der Waals surface area (Å²) in [6.07, 6.45) is 25.3. The second-order valence-electron chi connectivity index (χ2n) is 10.7. The first kappa shape index (κ1) is 30.2. The Kier molecular flexibility index (Phi) is 12.2. The summed E-state index contributed by atoms with van der Waals surface area (Å²) in [7, 11) is 2.18. The molecule has 7 heteroatoms. The van der Waals surface area contributed by atoms with Crippen LogP contribution < -0.4 is 11.1 Å². The van der Waals surface area contributed by atoms with E-state index in [4.69, 9.17) is 5.73 Å². The number of nitrogen functional groups attached to an aromatic ring is 1. The summed E-state index contributed by atoms with van der Waals surface area (Å²) in [5, 5.41) is 14.1. The van der Waals surface area contributed by atoms with Crippen LogP contribution in [0.3, 0.4) is 0 Å². The molecule has 2 heterocycles. The number of aliphatic hydroxyl groups is 1. The number of aliphatic imine (C=N–C) groups is 1. The normalized spacial score (nSPS) is 20.5. The highest BCUT2D eigenvalue weighted by molar-refractivity contribution is 8.07. The minimum Gasteiger partial charge on any atom is -0.383 e. The SMILES string of the molecule is C\C=C(/C=C\C=C(/C)CCc1cc(/C(=C/N=CC2CCN(C)CC2)SC)cnc1N)NC1(O)CCCCC1. The first-order chi connectivity index (χ1) is 18.3. The van der Waals surface area contributed by atoms with Crippen LogP contribution in [-0.4, -0.2) is 53.3 Å². The van der Waals surface area contributed by atoms with Crippen LogP contribution in [0.5, 0.6) is 0 Å². The number of likely N-dealkylation sites (tertiary alicyclic amines) is 1. The summed E-state index contributed by atoms with van der Waals surface area (Å²) < 4.78 is 0. The van der Waals surface area contributed by atoms with Gasteiger partial charge in [-0.25, -0.2) is 4.98 Å². The Labute approximate surface area is 234 Å². The molecule has 3 rings (SSSR count). The van der Waals surface area contributed by atoms with E-state index in [1.54, 1.807) is 11.8 Å². The molecule has 208 valence electrons. The van der Waals surface area contributed by atoms with E-state index in [-0.39, 0.29) is 0 Å². The fourth-order valence-electron chi connectivity index (χ4n) is 4.98. The van der Waals surface area contributed by atoms with Gasteiger partial charge in [-0.3, -0.25) is 4.99 Å². The molecule has 38 heavy (non-hydrogen) atoms. The number of nitrogens with zero attached hydrogens (tertiary/aromatic N) is 3. The maximum absolute atomic E-state index is 10.8. The molecule has 0 amide bonds. The lowest BCUT2D eigenvalue weighted by atomic mass is 9.91. The average molecular weight is 538 g/mol. The third-order valence-electron chi connectivity index (χ3n) is 7.57. The van der Waals surface area contributed by atoms with Crippen molar-refractivity contribution in [2.45, 2.75) is 77.4 Å². The average Bonchev–Trinajstić information content (AvgIpc) is 2.91. The molecule has 1 aliphatic heterocycles. The van der Waals surface area contributed by atoms with Crippen molar-refractivity contribution >= 4 is 28.7 Å². The number of anilines is 1. The Morgan fingerprint density at radius 3 is 2.71 bits per heavy atom. The molecule has 0 unspecified atom stereocenters. The monoisotopic (exact) mass is 537 g/mol. The Bertz CT molecular complexity index is 1040. The van der Waals surface area contributed by atoms with Gasteiger partial charge in [0, 0.05) is 34.8 Å². The fraction of sp³-hybridized carbons (Fsp3) is 0.548. The smallest absolute Gasteiger partial charge is 0.135 e. The highest BCUT2D eigenvalue weighted by Gasteiger charge is 2.28. The van der Waals surface area contributed by atoms with Gasteiger partial charge in [0.05, 0.1) is 0 Å². The number of hydrogen-bond donors (Lipinski definition) is 3. The first-order valence-electron chi connectivity index (χ1n) is 14.0. The molecule has 2 fully saturated rings. The Morgan fingerprint density at radius 2 is 2.03 bits per heavy atom. The fourth-order valence-corrected chi connectivity index (χ4v) is 5.50. The number of aromatic nitrogens is 1. The van der Waals surface area contributed by atoms with Crippen molar-refractivity contribution < 1.29 is 5.11 Å². The van der Waals surface area contributed by atoms with E-state index in [2.05, 4.69) is 64.9 Å². The van der Waals surface area contributed by atoms with E-state index < -0.39 is 5.72 Å². The molecule has 2 aliphatic rings. The van der Waals surface area contributed by atoms with Crippen molar-refractivity contribution in [3.8, 4) is 0 Å². The minimum absolute atomic E-state index is 0.561. The molecule has 0 spiro atoms. The Hall–Kier alpha value is -2.35. The van der Waals surface area contributed by atoms with Crippen LogP contribution in [0.2, 0.25) is 0 Å². The summed E-state index contributed by atoms with van der Waals surface area (Å²) in [6.45, 7) is 6.42.